The topological polar surface area (TPSA) is 52.6 Å². The molecule has 4 nitrogen and oxygen atoms in total. The first-order chi connectivity index (χ1) is 12.3. The van der Waals surface area contributed by atoms with Gasteiger partial charge in [0.1, 0.15) is 12.9 Å². The van der Waals surface area contributed by atoms with Crippen molar-refractivity contribution in [1.29, 1.82) is 0 Å². The second kappa shape index (κ2) is 7.93. The van der Waals surface area contributed by atoms with Gasteiger partial charge in [0.25, 0.3) is 0 Å². The molecule has 0 radical (unpaired) electrons. The van der Waals surface area contributed by atoms with Crippen LogP contribution in [0.5, 0.6) is 11.5 Å². The molecule has 3 rings (SSSR count). The van der Waals surface area contributed by atoms with Gasteiger partial charge in [0.2, 0.25) is 0 Å². The number of rotatable bonds is 6. The molecule has 0 spiro atoms. The molecule has 0 aliphatic carbocycles. The molecule has 0 unspecified atom stereocenters. The van der Waals surface area contributed by atoms with E-state index in [1.54, 1.807) is 66.7 Å². The van der Waals surface area contributed by atoms with Gasteiger partial charge in [0.15, 0.2) is 11.5 Å². The van der Waals surface area contributed by atoms with Crippen LogP contribution in [0.25, 0.3) is 0 Å². The summed E-state index contributed by atoms with van der Waals surface area (Å²) in [6, 6.07) is 22.9. The molecule has 0 aliphatic heterocycles. The van der Waals surface area contributed by atoms with Gasteiger partial charge in [-0.2, -0.15) is 0 Å². The Morgan fingerprint density at radius 2 is 1.56 bits per heavy atom. The van der Waals surface area contributed by atoms with Crippen LogP contribution in [0, 0.1) is 0 Å². The van der Waals surface area contributed by atoms with Crippen molar-refractivity contribution in [1.82, 2.24) is 0 Å². The average Bonchev–Trinajstić information content (AvgIpc) is 2.68. The summed E-state index contributed by atoms with van der Waals surface area (Å²) in [7, 11) is 0. The normalized spacial score (nSPS) is 10.1. The molecular weight excluding hydrogens is 316 g/mol. The number of ether oxygens (including phenoxy) is 2. The summed E-state index contributed by atoms with van der Waals surface area (Å²) in [6.07, 6.45) is 0.791. The molecule has 0 atom stereocenters. The molecule has 25 heavy (non-hydrogen) atoms. The summed E-state index contributed by atoms with van der Waals surface area (Å²) in [5.41, 5.74) is 1.91. The molecule has 124 valence electrons. The quantitative estimate of drug-likeness (QED) is 0.384. The predicted molar refractivity (Wildman–Crippen MR) is 94.0 cm³/mol. The van der Waals surface area contributed by atoms with E-state index in [1.165, 1.54) is 0 Å². The Morgan fingerprint density at radius 3 is 2.32 bits per heavy atom. The van der Waals surface area contributed by atoms with Gasteiger partial charge in [0, 0.05) is 5.56 Å². The van der Waals surface area contributed by atoms with Crippen molar-refractivity contribution in [3.63, 3.8) is 0 Å². The van der Waals surface area contributed by atoms with E-state index < -0.39 is 5.97 Å². The van der Waals surface area contributed by atoms with E-state index >= 15 is 0 Å². The summed E-state index contributed by atoms with van der Waals surface area (Å²) in [5, 5.41) is 0. The van der Waals surface area contributed by atoms with Crippen LogP contribution in [-0.4, -0.2) is 12.3 Å². The standard InChI is InChI=1S/C21H16O4/c22-14-16-7-6-8-17(13-16)15-24-19-11-4-5-12-20(19)25-21(23)18-9-2-1-3-10-18/h1-14H,15H2. The smallest absolute Gasteiger partial charge is 0.343 e. The second-order valence-corrected chi connectivity index (χ2v) is 5.35. The van der Waals surface area contributed by atoms with Crippen molar-refractivity contribution < 1.29 is 19.1 Å². The number of carbonyl (C=O) groups is 2. The van der Waals surface area contributed by atoms with Crippen LogP contribution >= 0.6 is 0 Å². The van der Waals surface area contributed by atoms with Gasteiger partial charge in [-0.3, -0.25) is 4.79 Å². The molecule has 0 saturated heterocycles. The SMILES string of the molecule is O=Cc1cccc(COc2ccccc2OC(=O)c2ccccc2)c1. The first kappa shape index (κ1) is 16.5. The number of para-hydroxylation sites is 2. The molecule has 4 heteroatoms. The monoisotopic (exact) mass is 332 g/mol. The Kier molecular flexibility index (Phi) is 5.22. The maximum atomic E-state index is 12.2. The fourth-order valence-corrected chi connectivity index (χ4v) is 2.30. The molecule has 0 saturated carbocycles. The lowest BCUT2D eigenvalue weighted by Crippen LogP contribution is -2.09. The van der Waals surface area contributed by atoms with Crippen molar-refractivity contribution in [2.24, 2.45) is 0 Å². The lowest BCUT2D eigenvalue weighted by atomic mass is 10.1. The lowest BCUT2D eigenvalue weighted by Gasteiger charge is -2.12. The largest absolute Gasteiger partial charge is 0.485 e. The molecule has 0 aromatic heterocycles. The highest BCUT2D eigenvalue weighted by Gasteiger charge is 2.12. The maximum absolute atomic E-state index is 12.2. The zero-order valence-corrected chi connectivity index (χ0v) is 13.4. The van der Waals surface area contributed by atoms with Crippen molar-refractivity contribution in [3.8, 4) is 11.5 Å². The number of benzene rings is 3. The third kappa shape index (κ3) is 4.32. The van der Waals surface area contributed by atoms with Crippen LogP contribution in [0.1, 0.15) is 26.3 Å². The van der Waals surface area contributed by atoms with E-state index in [9.17, 15) is 9.59 Å². The lowest BCUT2D eigenvalue weighted by molar-refractivity contribution is 0.0727. The third-order valence-corrected chi connectivity index (χ3v) is 3.54. The number of hydrogen-bond donors (Lipinski definition) is 0. The number of carbonyl (C=O) groups excluding carboxylic acids is 2. The van der Waals surface area contributed by atoms with Crippen LogP contribution in [0.2, 0.25) is 0 Å². The van der Waals surface area contributed by atoms with Crippen LogP contribution in [0.4, 0.5) is 0 Å². The Balaban J connectivity index is 1.72. The number of hydrogen-bond acceptors (Lipinski definition) is 4. The summed E-state index contributed by atoms with van der Waals surface area (Å²) in [4.78, 5) is 23.1. The molecule has 3 aromatic rings. The fourth-order valence-electron chi connectivity index (χ4n) is 2.30. The Labute approximate surface area is 145 Å². The van der Waals surface area contributed by atoms with Crippen LogP contribution in [-0.2, 0) is 6.61 Å². The highest BCUT2D eigenvalue weighted by atomic mass is 16.6. The molecule has 0 fully saturated rings. The first-order valence-electron chi connectivity index (χ1n) is 7.79. The minimum Gasteiger partial charge on any atom is -0.485 e. The summed E-state index contributed by atoms with van der Waals surface area (Å²) in [6.45, 7) is 0.265. The van der Waals surface area contributed by atoms with E-state index in [1.807, 2.05) is 12.1 Å². The van der Waals surface area contributed by atoms with Gasteiger partial charge in [0.05, 0.1) is 5.56 Å². The van der Waals surface area contributed by atoms with Crippen LogP contribution < -0.4 is 9.47 Å². The van der Waals surface area contributed by atoms with Gasteiger partial charge < -0.3 is 9.47 Å². The molecule has 0 amide bonds. The number of aldehydes is 1. The molecule has 0 aliphatic rings. The molecule has 0 bridgehead atoms. The third-order valence-electron chi connectivity index (χ3n) is 3.54. The van der Waals surface area contributed by atoms with Crippen molar-refractivity contribution in [2.75, 3.05) is 0 Å². The van der Waals surface area contributed by atoms with Crippen molar-refractivity contribution >= 4 is 12.3 Å². The maximum Gasteiger partial charge on any atom is 0.343 e. The summed E-state index contributed by atoms with van der Waals surface area (Å²) >= 11 is 0. The van der Waals surface area contributed by atoms with Crippen LogP contribution in [0.3, 0.4) is 0 Å². The summed E-state index contributed by atoms with van der Waals surface area (Å²) < 4.78 is 11.2. The molecule has 0 heterocycles. The van der Waals surface area contributed by atoms with E-state index in [0.717, 1.165) is 11.8 Å². The minimum absolute atomic E-state index is 0.265. The zero-order valence-electron chi connectivity index (χ0n) is 13.4. The highest BCUT2D eigenvalue weighted by molar-refractivity contribution is 5.91. The fraction of sp³-hybridized carbons (Fsp3) is 0.0476. The molecule has 0 N–H and O–H groups in total. The van der Waals surface area contributed by atoms with Crippen molar-refractivity contribution in [3.05, 3.63) is 95.6 Å². The van der Waals surface area contributed by atoms with Gasteiger partial charge in [-0.15, -0.1) is 0 Å². The Bertz CT molecular complexity index is 872. The Morgan fingerprint density at radius 1 is 0.840 bits per heavy atom. The minimum atomic E-state index is -0.445. The summed E-state index contributed by atoms with van der Waals surface area (Å²) in [5.74, 6) is 0.366. The zero-order chi connectivity index (χ0) is 17.5. The number of esters is 1. The van der Waals surface area contributed by atoms with Crippen LogP contribution in [0.15, 0.2) is 78.9 Å². The van der Waals surface area contributed by atoms with Gasteiger partial charge in [-0.25, -0.2) is 4.79 Å². The predicted octanol–water partition coefficient (Wildman–Crippen LogP) is 4.30. The van der Waals surface area contributed by atoms with E-state index in [4.69, 9.17) is 9.47 Å². The van der Waals surface area contributed by atoms with E-state index in [-0.39, 0.29) is 6.61 Å². The van der Waals surface area contributed by atoms with Gasteiger partial charge in [-0.05, 0) is 35.9 Å². The molecule has 3 aromatic carbocycles. The molecular formula is C21H16O4. The second-order valence-electron chi connectivity index (χ2n) is 5.35. The first-order valence-corrected chi connectivity index (χ1v) is 7.79. The van der Waals surface area contributed by atoms with E-state index in [2.05, 4.69) is 0 Å². The Hall–Kier alpha value is -3.40. The highest BCUT2D eigenvalue weighted by Crippen LogP contribution is 2.28. The van der Waals surface area contributed by atoms with Crippen molar-refractivity contribution in [2.45, 2.75) is 6.61 Å². The average molecular weight is 332 g/mol. The van der Waals surface area contributed by atoms with Gasteiger partial charge in [-0.1, -0.05) is 48.5 Å². The van der Waals surface area contributed by atoms with Gasteiger partial charge >= 0.3 is 5.97 Å². The van der Waals surface area contributed by atoms with E-state index in [0.29, 0.717) is 22.6 Å².